The average Bonchev–Trinajstić information content (AvgIpc) is 3.57. The van der Waals surface area contributed by atoms with E-state index in [0.717, 1.165) is 30.4 Å². The van der Waals surface area contributed by atoms with E-state index >= 15 is 0 Å². The molecule has 1 heterocycles. The lowest BCUT2D eigenvalue weighted by Crippen LogP contribution is -2.43. The number of fused-ring (bicyclic) bond motifs is 1. The first-order valence-electron chi connectivity index (χ1n) is 12.4. The van der Waals surface area contributed by atoms with Crippen molar-refractivity contribution in [3.05, 3.63) is 34.9 Å². The minimum Gasteiger partial charge on any atom is -0.496 e. The minimum absolute atomic E-state index is 0.0543. The summed E-state index contributed by atoms with van der Waals surface area (Å²) in [5.41, 5.74) is 2.49. The van der Waals surface area contributed by atoms with Crippen LogP contribution < -0.4 is 15.4 Å². The number of hydrogen-bond acceptors (Lipinski definition) is 6. The molecule has 0 bridgehead atoms. The molecule has 0 radical (unpaired) electrons. The highest BCUT2D eigenvalue weighted by Gasteiger charge is 2.36. The van der Waals surface area contributed by atoms with Gasteiger partial charge in [-0.2, -0.15) is 0 Å². The molecule has 4 rings (SSSR count). The molecule has 2 fully saturated rings. The van der Waals surface area contributed by atoms with Crippen molar-refractivity contribution in [1.29, 1.82) is 0 Å². The van der Waals surface area contributed by atoms with Crippen molar-refractivity contribution in [2.75, 3.05) is 20.8 Å². The van der Waals surface area contributed by atoms with Crippen molar-refractivity contribution in [2.24, 2.45) is 17.8 Å². The molecule has 8 heteroatoms. The quantitative estimate of drug-likeness (QED) is 0.469. The van der Waals surface area contributed by atoms with Gasteiger partial charge < -0.3 is 20.1 Å². The van der Waals surface area contributed by atoms with Crippen molar-refractivity contribution >= 4 is 29.6 Å². The molecular weight excluding hydrogens is 448 g/mol. The Balaban J connectivity index is 1.44. The zero-order valence-corrected chi connectivity index (χ0v) is 20.4. The Labute approximate surface area is 205 Å². The molecule has 1 saturated carbocycles. The minimum atomic E-state index is -0.709. The van der Waals surface area contributed by atoms with Crippen molar-refractivity contribution in [3.63, 3.8) is 0 Å². The Kier molecular flexibility index (Phi) is 7.88. The summed E-state index contributed by atoms with van der Waals surface area (Å²) in [5.74, 6) is -0.941. The second kappa shape index (κ2) is 11.1. The number of piperidine rings is 1. The van der Waals surface area contributed by atoms with Crippen LogP contribution in [0.5, 0.6) is 5.75 Å². The van der Waals surface area contributed by atoms with E-state index in [9.17, 15) is 19.2 Å². The number of amides is 2. The van der Waals surface area contributed by atoms with Gasteiger partial charge in [-0.15, -0.1) is 0 Å². The summed E-state index contributed by atoms with van der Waals surface area (Å²) in [4.78, 5) is 51.2. The van der Waals surface area contributed by atoms with Gasteiger partial charge in [0, 0.05) is 36.4 Å². The molecule has 2 aliphatic carbocycles. The van der Waals surface area contributed by atoms with Crippen LogP contribution in [0.15, 0.2) is 23.8 Å². The van der Waals surface area contributed by atoms with Gasteiger partial charge in [-0.05, 0) is 49.3 Å². The molecule has 1 saturated heterocycles. The van der Waals surface area contributed by atoms with Crippen LogP contribution in [-0.4, -0.2) is 50.4 Å². The van der Waals surface area contributed by atoms with Crippen LogP contribution in [0.4, 0.5) is 0 Å². The van der Waals surface area contributed by atoms with Crippen molar-refractivity contribution in [3.8, 4) is 5.75 Å². The van der Waals surface area contributed by atoms with Gasteiger partial charge in [0.2, 0.25) is 11.8 Å². The lowest BCUT2D eigenvalue weighted by molar-refractivity contribution is -0.148. The Morgan fingerprint density at radius 1 is 1.14 bits per heavy atom. The summed E-state index contributed by atoms with van der Waals surface area (Å²) in [6.45, 7) is 0.637. The molecule has 1 aromatic carbocycles. The van der Waals surface area contributed by atoms with E-state index in [1.165, 1.54) is 7.11 Å². The second-order valence-corrected chi connectivity index (χ2v) is 9.84. The monoisotopic (exact) mass is 482 g/mol. The summed E-state index contributed by atoms with van der Waals surface area (Å²) >= 11 is 0. The Hall–Kier alpha value is -3.16. The van der Waals surface area contributed by atoms with E-state index in [4.69, 9.17) is 9.47 Å². The maximum absolute atomic E-state index is 13.4. The molecule has 0 aromatic heterocycles. The third-order valence-electron chi connectivity index (χ3n) is 7.28. The number of hydrogen-bond donors (Lipinski definition) is 2. The Bertz CT molecular complexity index is 1030. The second-order valence-electron chi connectivity index (χ2n) is 9.84. The summed E-state index contributed by atoms with van der Waals surface area (Å²) in [6, 6.07) is 5.04. The first-order chi connectivity index (χ1) is 16.9. The molecule has 35 heavy (non-hydrogen) atoms. The molecule has 0 spiro atoms. The van der Waals surface area contributed by atoms with Gasteiger partial charge in [-0.3, -0.25) is 19.2 Å². The molecule has 1 aliphatic heterocycles. The fourth-order valence-electron chi connectivity index (χ4n) is 5.09. The number of Topliss-reactive ketones (excluding diaryl/α,β-unsaturated/α-hetero) is 1. The van der Waals surface area contributed by atoms with Gasteiger partial charge in [0.1, 0.15) is 5.75 Å². The number of nitrogens with one attached hydrogen (secondary N) is 2. The fraction of sp³-hybridized carbons (Fsp3) is 0.556. The topological polar surface area (TPSA) is 111 Å². The number of carbonyl (C=O) groups excluding carboxylic acids is 4. The third kappa shape index (κ3) is 6.10. The van der Waals surface area contributed by atoms with Crippen molar-refractivity contribution < 1.29 is 28.7 Å². The Morgan fingerprint density at radius 3 is 2.63 bits per heavy atom. The normalized spacial score (nSPS) is 20.7. The van der Waals surface area contributed by atoms with Crippen LogP contribution in [0, 0.1) is 17.8 Å². The van der Waals surface area contributed by atoms with E-state index < -0.39 is 17.9 Å². The van der Waals surface area contributed by atoms with Gasteiger partial charge in [-0.25, -0.2) is 0 Å². The maximum atomic E-state index is 13.4. The Morgan fingerprint density at radius 2 is 1.94 bits per heavy atom. The number of carbonyl (C=O) groups is 4. The third-order valence-corrected chi connectivity index (χ3v) is 7.28. The number of rotatable bonds is 11. The highest BCUT2D eigenvalue weighted by Crippen LogP contribution is 2.35. The number of esters is 1. The molecule has 188 valence electrons. The fourth-order valence-corrected chi connectivity index (χ4v) is 5.09. The van der Waals surface area contributed by atoms with E-state index in [1.54, 1.807) is 7.11 Å². The number of methoxy groups -OCH3 is 2. The van der Waals surface area contributed by atoms with Crippen LogP contribution in [-0.2, 0) is 30.3 Å². The predicted octanol–water partition coefficient (Wildman–Crippen LogP) is 2.58. The largest absolute Gasteiger partial charge is 0.496 e. The number of benzene rings is 1. The number of ether oxygens (including phenoxy) is 2. The van der Waals surface area contributed by atoms with Gasteiger partial charge in [0.05, 0.1) is 26.2 Å². The van der Waals surface area contributed by atoms with Gasteiger partial charge in [-0.1, -0.05) is 25.0 Å². The highest BCUT2D eigenvalue weighted by atomic mass is 16.5. The molecule has 2 amide bonds. The summed E-state index contributed by atoms with van der Waals surface area (Å²) in [6.07, 6.45) is 6.68. The zero-order valence-electron chi connectivity index (χ0n) is 20.4. The van der Waals surface area contributed by atoms with E-state index in [1.807, 2.05) is 24.3 Å². The SMILES string of the molecule is COC(=O)[C@@H](CC(=O)C(CC1CC1)NC(=O)C1=Cc2c(cccc2OC)C1)C[C@@H]1CCCNC1=O. The predicted molar refractivity (Wildman–Crippen MR) is 129 cm³/mol. The zero-order chi connectivity index (χ0) is 24.9. The standard InChI is InChI=1S/C27H34N2O6/c1-34-24-7-3-5-17-12-19(14-21(17)24)26(32)29-22(11-16-8-9-16)23(30)15-20(27(33)35-2)13-18-6-4-10-28-25(18)31/h3,5,7,14,16,18,20,22H,4,6,8-13,15H2,1-2H3,(H,28,31)(H,29,32)/t18-,20+,22?/m0/s1. The lowest BCUT2D eigenvalue weighted by atomic mass is 9.84. The van der Waals surface area contributed by atoms with E-state index in [0.29, 0.717) is 43.0 Å². The van der Waals surface area contributed by atoms with Gasteiger partial charge in [0.15, 0.2) is 5.78 Å². The van der Waals surface area contributed by atoms with E-state index in [2.05, 4.69) is 10.6 Å². The molecule has 1 aromatic rings. The summed E-state index contributed by atoms with van der Waals surface area (Å²) in [7, 11) is 2.89. The van der Waals surface area contributed by atoms with Gasteiger partial charge >= 0.3 is 5.97 Å². The maximum Gasteiger partial charge on any atom is 0.309 e. The van der Waals surface area contributed by atoms with Crippen LogP contribution in [0.2, 0.25) is 0 Å². The number of ketones is 1. The van der Waals surface area contributed by atoms with Crippen molar-refractivity contribution in [1.82, 2.24) is 10.6 Å². The van der Waals surface area contributed by atoms with Crippen LogP contribution >= 0.6 is 0 Å². The van der Waals surface area contributed by atoms with Crippen molar-refractivity contribution in [2.45, 2.75) is 57.4 Å². The molecule has 1 unspecified atom stereocenters. The average molecular weight is 483 g/mol. The lowest BCUT2D eigenvalue weighted by Gasteiger charge is -2.26. The van der Waals surface area contributed by atoms with Crippen LogP contribution in [0.1, 0.15) is 56.1 Å². The van der Waals surface area contributed by atoms with Gasteiger partial charge in [0.25, 0.3) is 0 Å². The molecule has 3 aliphatic rings. The first kappa shape index (κ1) is 24.9. The van der Waals surface area contributed by atoms with Crippen LogP contribution in [0.3, 0.4) is 0 Å². The molecule has 8 nitrogen and oxygen atoms in total. The molecule has 3 atom stereocenters. The first-order valence-corrected chi connectivity index (χ1v) is 12.4. The molecular formula is C27H34N2O6. The van der Waals surface area contributed by atoms with Crippen LogP contribution in [0.25, 0.3) is 6.08 Å². The van der Waals surface area contributed by atoms with E-state index in [-0.39, 0.29) is 36.4 Å². The summed E-state index contributed by atoms with van der Waals surface area (Å²) in [5, 5.41) is 5.78. The summed E-state index contributed by atoms with van der Waals surface area (Å²) < 4.78 is 10.4. The smallest absolute Gasteiger partial charge is 0.309 e. The molecule has 2 N–H and O–H groups in total. The highest BCUT2D eigenvalue weighted by molar-refractivity contribution is 6.03.